The third-order valence-electron chi connectivity index (χ3n) is 0.572. The lowest BCUT2D eigenvalue weighted by molar-refractivity contribution is -0.137. The van der Waals surface area contributed by atoms with E-state index in [0.717, 1.165) is 12.3 Å². The van der Waals surface area contributed by atoms with Crippen molar-refractivity contribution in [2.45, 2.75) is 6.92 Å². The molecular formula is C6H7NO2. The average molecular weight is 125 g/mol. The molecule has 0 spiro atoms. The van der Waals surface area contributed by atoms with E-state index in [0.29, 0.717) is 6.61 Å². The molecule has 0 unspecified atom stereocenters. The number of hydrogen-bond acceptors (Lipinski definition) is 2. The first-order chi connectivity index (χ1) is 4.31. The van der Waals surface area contributed by atoms with E-state index in [1.807, 2.05) is 0 Å². The van der Waals surface area contributed by atoms with Gasteiger partial charge in [-0.3, -0.25) is 0 Å². The van der Waals surface area contributed by atoms with Crippen molar-refractivity contribution in [3.8, 4) is 0 Å². The van der Waals surface area contributed by atoms with Crippen molar-refractivity contribution in [3.05, 3.63) is 23.7 Å². The predicted octanol–water partition coefficient (Wildman–Crippen LogP) is 0.982. The number of ether oxygens (including phenoxy) is 1. The van der Waals surface area contributed by atoms with Gasteiger partial charge in [0.2, 0.25) is 0 Å². The summed E-state index contributed by atoms with van der Waals surface area (Å²) in [5.74, 6) is -0.464. The van der Waals surface area contributed by atoms with E-state index in [9.17, 15) is 4.79 Å². The lowest BCUT2D eigenvalue weighted by Gasteiger charge is -1.91. The summed E-state index contributed by atoms with van der Waals surface area (Å²) >= 11 is 0. The van der Waals surface area contributed by atoms with Crippen LogP contribution >= 0.6 is 0 Å². The maximum atomic E-state index is 10.3. The molecule has 0 saturated heterocycles. The Morgan fingerprint density at radius 2 is 2.56 bits per heavy atom. The van der Waals surface area contributed by atoms with Crippen LogP contribution in [-0.2, 0) is 9.53 Å². The SMILES string of the molecule is [C-]#[N+]/C=C/C(=O)OCC. The average Bonchev–Trinajstić information content (AvgIpc) is 1.85. The van der Waals surface area contributed by atoms with Crippen LogP contribution < -0.4 is 0 Å². The van der Waals surface area contributed by atoms with Crippen molar-refractivity contribution < 1.29 is 9.53 Å². The molecule has 0 atom stereocenters. The van der Waals surface area contributed by atoms with E-state index in [1.165, 1.54) is 0 Å². The second kappa shape index (κ2) is 4.85. The van der Waals surface area contributed by atoms with E-state index in [2.05, 4.69) is 9.58 Å². The van der Waals surface area contributed by atoms with Crippen LogP contribution in [0, 0.1) is 6.57 Å². The predicted molar refractivity (Wildman–Crippen MR) is 32.4 cm³/mol. The summed E-state index contributed by atoms with van der Waals surface area (Å²) in [4.78, 5) is 13.2. The number of carbonyl (C=O) groups excluding carboxylic acids is 1. The molecule has 48 valence electrons. The number of nitrogens with zero attached hydrogens (tertiary/aromatic N) is 1. The van der Waals surface area contributed by atoms with Crippen molar-refractivity contribution in [1.82, 2.24) is 0 Å². The highest BCUT2D eigenvalue weighted by Gasteiger charge is 1.89. The first-order valence-electron chi connectivity index (χ1n) is 2.51. The molecular weight excluding hydrogens is 118 g/mol. The molecule has 0 radical (unpaired) electrons. The molecule has 0 saturated carbocycles. The second-order valence-electron chi connectivity index (χ2n) is 1.20. The van der Waals surface area contributed by atoms with Gasteiger partial charge in [-0.2, -0.15) is 0 Å². The van der Waals surface area contributed by atoms with Gasteiger partial charge in [-0.15, -0.1) is 0 Å². The summed E-state index contributed by atoms with van der Waals surface area (Å²) in [5.41, 5.74) is 0. The molecule has 3 heteroatoms. The Balaban J connectivity index is 3.53. The largest absolute Gasteiger partial charge is 0.464 e. The Morgan fingerprint density at radius 3 is 3.00 bits per heavy atom. The normalized spacial score (nSPS) is 8.89. The first-order valence-corrected chi connectivity index (χ1v) is 2.51. The standard InChI is InChI=1S/C6H7NO2/c1-3-9-6(8)4-5-7-2/h4-5H,3H2,1H3/b5-4+. The highest BCUT2D eigenvalue weighted by Crippen LogP contribution is 1.80. The zero-order chi connectivity index (χ0) is 7.11. The molecule has 0 rings (SSSR count). The lowest BCUT2D eigenvalue weighted by Crippen LogP contribution is -1.98. The van der Waals surface area contributed by atoms with Crippen LogP contribution in [0.4, 0.5) is 0 Å². The van der Waals surface area contributed by atoms with Gasteiger partial charge in [0.1, 0.15) is 0 Å². The Labute approximate surface area is 53.8 Å². The third-order valence-corrected chi connectivity index (χ3v) is 0.572. The number of hydrogen-bond donors (Lipinski definition) is 0. The monoisotopic (exact) mass is 125 g/mol. The van der Waals surface area contributed by atoms with E-state index < -0.39 is 5.97 Å². The van der Waals surface area contributed by atoms with Crippen molar-refractivity contribution >= 4 is 5.97 Å². The third kappa shape index (κ3) is 4.56. The van der Waals surface area contributed by atoms with Crippen LogP contribution in [0.15, 0.2) is 12.3 Å². The van der Waals surface area contributed by atoms with Crippen molar-refractivity contribution in [1.29, 1.82) is 0 Å². The fourth-order valence-corrected chi connectivity index (χ4v) is 0.288. The Morgan fingerprint density at radius 1 is 1.89 bits per heavy atom. The summed E-state index contributed by atoms with van der Waals surface area (Å²) in [6.45, 7) is 8.32. The number of esters is 1. The van der Waals surface area contributed by atoms with E-state index in [-0.39, 0.29) is 0 Å². The van der Waals surface area contributed by atoms with E-state index in [4.69, 9.17) is 6.57 Å². The molecule has 9 heavy (non-hydrogen) atoms. The summed E-state index contributed by atoms with van der Waals surface area (Å²) in [7, 11) is 0. The molecule has 0 aliphatic carbocycles. The van der Waals surface area contributed by atoms with Gasteiger partial charge < -0.3 is 4.74 Å². The van der Waals surface area contributed by atoms with Gasteiger partial charge in [0.15, 0.2) is 6.20 Å². The Kier molecular flexibility index (Phi) is 4.15. The zero-order valence-corrected chi connectivity index (χ0v) is 5.13. The lowest BCUT2D eigenvalue weighted by atomic mass is 10.6. The molecule has 0 bridgehead atoms. The van der Waals surface area contributed by atoms with Crippen LogP contribution in [-0.4, -0.2) is 12.6 Å². The summed E-state index contributed by atoms with van der Waals surface area (Å²) in [6, 6.07) is 0. The quantitative estimate of drug-likeness (QED) is 0.313. The van der Waals surface area contributed by atoms with Crippen molar-refractivity contribution in [2.75, 3.05) is 6.61 Å². The molecule has 0 aromatic rings. The second-order valence-corrected chi connectivity index (χ2v) is 1.20. The fourth-order valence-electron chi connectivity index (χ4n) is 0.288. The van der Waals surface area contributed by atoms with Crippen LogP contribution in [0.3, 0.4) is 0 Å². The summed E-state index contributed by atoms with van der Waals surface area (Å²) < 4.78 is 4.47. The Hall–Kier alpha value is -1.30. The van der Waals surface area contributed by atoms with Gasteiger partial charge in [-0.25, -0.2) is 9.64 Å². The highest BCUT2D eigenvalue weighted by molar-refractivity contribution is 5.82. The smallest absolute Gasteiger partial charge is 0.319 e. The molecule has 0 N–H and O–H groups in total. The van der Waals surface area contributed by atoms with E-state index in [1.54, 1.807) is 6.92 Å². The summed E-state index contributed by atoms with van der Waals surface area (Å²) in [5, 5.41) is 0. The molecule has 0 aliphatic rings. The fraction of sp³-hybridized carbons (Fsp3) is 0.333. The molecule has 0 amide bonds. The maximum Gasteiger partial charge on any atom is 0.319 e. The van der Waals surface area contributed by atoms with Crippen LogP contribution in [0.2, 0.25) is 0 Å². The van der Waals surface area contributed by atoms with Gasteiger partial charge in [-0.1, -0.05) is 0 Å². The zero-order valence-electron chi connectivity index (χ0n) is 5.13. The highest BCUT2D eigenvalue weighted by atomic mass is 16.5. The minimum Gasteiger partial charge on any atom is -0.464 e. The Bertz CT molecular complexity index is 155. The van der Waals surface area contributed by atoms with Crippen LogP contribution in [0.1, 0.15) is 6.92 Å². The number of rotatable bonds is 2. The molecule has 0 fully saturated rings. The molecule has 3 nitrogen and oxygen atoms in total. The van der Waals surface area contributed by atoms with Gasteiger partial charge in [0.25, 0.3) is 0 Å². The van der Waals surface area contributed by atoms with E-state index >= 15 is 0 Å². The van der Waals surface area contributed by atoms with Gasteiger partial charge in [0, 0.05) is 6.08 Å². The topological polar surface area (TPSA) is 30.7 Å². The minimum absolute atomic E-state index is 0.348. The molecule has 0 heterocycles. The molecule has 0 aromatic carbocycles. The first kappa shape index (κ1) is 7.70. The summed E-state index contributed by atoms with van der Waals surface area (Å²) in [6.07, 6.45) is 2.16. The van der Waals surface area contributed by atoms with Crippen LogP contribution in [0.5, 0.6) is 0 Å². The van der Waals surface area contributed by atoms with Gasteiger partial charge in [0.05, 0.1) is 13.2 Å². The van der Waals surface area contributed by atoms with Crippen LogP contribution in [0.25, 0.3) is 4.85 Å². The minimum atomic E-state index is -0.464. The van der Waals surface area contributed by atoms with Gasteiger partial charge >= 0.3 is 5.97 Å². The maximum absolute atomic E-state index is 10.3. The molecule has 0 aliphatic heterocycles. The van der Waals surface area contributed by atoms with Crippen molar-refractivity contribution in [3.63, 3.8) is 0 Å². The van der Waals surface area contributed by atoms with Crippen molar-refractivity contribution in [2.24, 2.45) is 0 Å². The number of carbonyl (C=O) groups is 1. The van der Waals surface area contributed by atoms with Gasteiger partial charge in [-0.05, 0) is 6.92 Å². The molecule has 0 aromatic heterocycles.